The van der Waals surface area contributed by atoms with E-state index >= 15 is 0 Å². The lowest BCUT2D eigenvalue weighted by molar-refractivity contribution is 0.102. The van der Waals surface area contributed by atoms with Gasteiger partial charge in [-0.2, -0.15) is 0 Å². The maximum absolute atomic E-state index is 14.2. The van der Waals surface area contributed by atoms with Crippen LogP contribution in [0, 0.1) is 5.82 Å². The Labute approximate surface area is 135 Å². The third-order valence-corrected chi connectivity index (χ3v) is 4.41. The molecule has 0 spiro atoms. The van der Waals surface area contributed by atoms with Crippen LogP contribution in [0.1, 0.15) is 28.0 Å². The number of aromatic nitrogens is 2. The van der Waals surface area contributed by atoms with Crippen LogP contribution in [-0.2, 0) is 19.9 Å². The SMILES string of the molecule is Cn1c2c(c(=O)n(-c3cc(C(=O)CCl)ccc3F)c1=O)CCC2. The number of nitrogens with zero attached hydrogens (tertiary/aromatic N) is 2. The van der Waals surface area contributed by atoms with Crippen LogP contribution in [0.15, 0.2) is 27.8 Å². The molecule has 0 atom stereocenters. The largest absolute Gasteiger partial charge is 0.335 e. The number of halogens is 2. The molecule has 3 rings (SSSR count). The molecule has 7 heteroatoms. The van der Waals surface area contributed by atoms with Crippen molar-refractivity contribution >= 4 is 17.4 Å². The molecule has 0 saturated heterocycles. The van der Waals surface area contributed by atoms with Crippen LogP contribution in [0.25, 0.3) is 5.69 Å². The van der Waals surface area contributed by atoms with Crippen molar-refractivity contribution in [1.82, 2.24) is 9.13 Å². The summed E-state index contributed by atoms with van der Waals surface area (Å²) in [6.07, 6.45) is 2.00. The van der Waals surface area contributed by atoms with Gasteiger partial charge in [0.05, 0.1) is 11.6 Å². The fraction of sp³-hybridized carbons (Fsp3) is 0.312. The molecule has 0 N–H and O–H groups in total. The highest BCUT2D eigenvalue weighted by atomic mass is 35.5. The Hall–Kier alpha value is -2.21. The molecule has 0 fully saturated rings. The summed E-state index contributed by atoms with van der Waals surface area (Å²) in [5.41, 5.74) is 0.0253. The van der Waals surface area contributed by atoms with Crippen LogP contribution in [0.3, 0.4) is 0 Å². The normalized spacial score (nSPS) is 13.2. The number of Topliss-reactive ketones (excluding diaryl/α,β-unsaturated/α-hetero) is 1. The fourth-order valence-electron chi connectivity index (χ4n) is 2.96. The Morgan fingerprint density at radius 3 is 2.74 bits per heavy atom. The van der Waals surface area contributed by atoms with E-state index in [0.717, 1.165) is 17.1 Å². The van der Waals surface area contributed by atoms with Crippen LogP contribution in [0.4, 0.5) is 4.39 Å². The average molecular weight is 337 g/mol. The first-order valence-corrected chi connectivity index (χ1v) is 7.72. The second kappa shape index (κ2) is 5.77. The van der Waals surface area contributed by atoms with Gasteiger partial charge in [0, 0.05) is 23.9 Å². The van der Waals surface area contributed by atoms with Gasteiger partial charge in [-0.15, -0.1) is 11.6 Å². The van der Waals surface area contributed by atoms with E-state index in [-0.39, 0.29) is 17.1 Å². The summed E-state index contributed by atoms with van der Waals surface area (Å²) in [5.74, 6) is -1.41. The van der Waals surface area contributed by atoms with Gasteiger partial charge in [0.15, 0.2) is 5.78 Å². The summed E-state index contributed by atoms with van der Waals surface area (Å²) in [7, 11) is 1.56. The zero-order valence-electron chi connectivity index (χ0n) is 12.4. The van der Waals surface area contributed by atoms with E-state index in [4.69, 9.17) is 11.6 Å². The number of fused-ring (bicyclic) bond motifs is 1. The van der Waals surface area contributed by atoms with E-state index in [0.29, 0.717) is 24.1 Å². The second-order valence-corrected chi connectivity index (χ2v) is 5.75. The molecule has 0 saturated carbocycles. The Kier molecular flexibility index (Phi) is 3.93. The van der Waals surface area contributed by atoms with Crippen LogP contribution in [-0.4, -0.2) is 20.8 Å². The van der Waals surface area contributed by atoms with Crippen LogP contribution >= 0.6 is 11.6 Å². The van der Waals surface area contributed by atoms with Crippen molar-refractivity contribution in [3.8, 4) is 5.69 Å². The smallest absolute Gasteiger partial charge is 0.300 e. The molecule has 2 aromatic rings. The van der Waals surface area contributed by atoms with E-state index in [1.54, 1.807) is 7.05 Å². The van der Waals surface area contributed by atoms with Crippen LogP contribution in [0.2, 0.25) is 0 Å². The summed E-state index contributed by atoms with van der Waals surface area (Å²) < 4.78 is 16.4. The van der Waals surface area contributed by atoms with Gasteiger partial charge >= 0.3 is 5.69 Å². The van der Waals surface area contributed by atoms with Crippen molar-refractivity contribution in [2.75, 3.05) is 5.88 Å². The van der Waals surface area contributed by atoms with Crippen molar-refractivity contribution in [2.24, 2.45) is 7.05 Å². The number of alkyl halides is 1. The lowest BCUT2D eigenvalue weighted by Crippen LogP contribution is -2.41. The maximum atomic E-state index is 14.2. The highest BCUT2D eigenvalue weighted by Crippen LogP contribution is 2.19. The highest BCUT2D eigenvalue weighted by molar-refractivity contribution is 6.30. The van der Waals surface area contributed by atoms with Gasteiger partial charge in [-0.05, 0) is 37.5 Å². The monoisotopic (exact) mass is 336 g/mol. The first kappa shape index (κ1) is 15.7. The molecule has 0 aliphatic heterocycles. The molecule has 5 nitrogen and oxygen atoms in total. The third kappa shape index (κ3) is 2.43. The van der Waals surface area contributed by atoms with Gasteiger partial charge in [0.2, 0.25) is 0 Å². The number of benzene rings is 1. The summed E-state index contributed by atoms with van der Waals surface area (Å²) >= 11 is 5.51. The van der Waals surface area contributed by atoms with Gasteiger partial charge in [-0.25, -0.2) is 13.8 Å². The first-order valence-electron chi connectivity index (χ1n) is 7.18. The molecule has 0 amide bonds. The second-order valence-electron chi connectivity index (χ2n) is 5.48. The van der Waals surface area contributed by atoms with Gasteiger partial charge in [-0.1, -0.05) is 0 Å². The Bertz CT molecular complexity index is 930. The molecule has 1 aromatic heterocycles. The quantitative estimate of drug-likeness (QED) is 0.631. The number of carbonyl (C=O) groups is 1. The van der Waals surface area contributed by atoms with Gasteiger partial charge in [0.25, 0.3) is 5.56 Å². The fourth-order valence-corrected chi connectivity index (χ4v) is 3.12. The predicted octanol–water partition coefficient (Wildman–Crippen LogP) is 1.59. The minimum atomic E-state index is -0.742. The van der Waals surface area contributed by atoms with Gasteiger partial charge in [-0.3, -0.25) is 9.59 Å². The number of ketones is 1. The van der Waals surface area contributed by atoms with Crippen molar-refractivity contribution in [3.63, 3.8) is 0 Å². The summed E-state index contributed by atoms with van der Waals surface area (Å²) in [4.78, 5) is 36.8. The van der Waals surface area contributed by atoms with E-state index in [1.165, 1.54) is 16.7 Å². The molecular weight excluding hydrogens is 323 g/mol. The minimum Gasteiger partial charge on any atom is -0.300 e. The Balaban J connectivity index is 2.32. The summed E-state index contributed by atoms with van der Waals surface area (Å²) in [6.45, 7) is 0. The third-order valence-electron chi connectivity index (χ3n) is 4.16. The van der Waals surface area contributed by atoms with Crippen molar-refractivity contribution in [3.05, 3.63) is 61.7 Å². The number of hydrogen-bond donors (Lipinski definition) is 0. The maximum Gasteiger partial charge on any atom is 0.335 e. The lowest BCUT2D eigenvalue weighted by Gasteiger charge is -2.13. The molecule has 1 aliphatic rings. The summed E-state index contributed by atoms with van der Waals surface area (Å²) in [6, 6.07) is 3.55. The zero-order chi connectivity index (χ0) is 16.7. The molecule has 0 radical (unpaired) electrons. The average Bonchev–Trinajstić information content (AvgIpc) is 3.04. The molecule has 1 heterocycles. The summed E-state index contributed by atoms with van der Waals surface area (Å²) in [5, 5.41) is 0. The highest BCUT2D eigenvalue weighted by Gasteiger charge is 2.23. The molecule has 0 unspecified atom stereocenters. The molecule has 1 aliphatic carbocycles. The van der Waals surface area contributed by atoms with E-state index < -0.39 is 22.8 Å². The van der Waals surface area contributed by atoms with Crippen LogP contribution < -0.4 is 11.2 Å². The van der Waals surface area contributed by atoms with E-state index in [1.807, 2.05) is 0 Å². The van der Waals surface area contributed by atoms with Gasteiger partial charge < -0.3 is 4.57 Å². The number of rotatable bonds is 3. The Morgan fingerprint density at radius 2 is 2.04 bits per heavy atom. The van der Waals surface area contributed by atoms with Crippen LogP contribution in [0.5, 0.6) is 0 Å². The predicted molar refractivity (Wildman–Crippen MR) is 84.3 cm³/mol. The van der Waals surface area contributed by atoms with Crippen molar-refractivity contribution in [1.29, 1.82) is 0 Å². The molecule has 23 heavy (non-hydrogen) atoms. The minimum absolute atomic E-state index is 0.158. The number of carbonyl (C=O) groups excluding carboxylic acids is 1. The molecule has 1 aromatic carbocycles. The first-order chi connectivity index (χ1) is 11.0. The van der Waals surface area contributed by atoms with Crippen molar-refractivity contribution < 1.29 is 9.18 Å². The van der Waals surface area contributed by atoms with E-state index in [9.17, 15) is 18.8 Å². The molecule has 0 bridgehead atoms. The molecular formula is C16H14ClFN2O3. The topological polar surface area (TPSA) is 61.1 Å². The molecule has 120 valence electrons. The number of hydrogen-bond acceptors (Lipinski definition) is 3. The van der Waals surface area contributed by atoms with Crippen molar-refractivity contribution in [2.45, 2.75) is 19.3 Å². The lowest BCUT2D eigenvalue weighted by atomic mass is 10.1. The zero-order valence-corrected chi connectivity index (χ0v) is 13.2. The van der Waals surface area contributed by atoms with Gasteiger partial charge in [0.1, 0.15) is 5.82 Å². The van der Waals surface area contributed by atoms with E-state index in [2.05, 4.69) is 0 Å². The Morgan fingerprint density at radius 1 is 1.30 bits per heavy atom. The standard InChI is InChI=1S/C16H14ClFN2O3/c1-19-12-4-2-3-10(12)15(22)20(16(19)23)13-7-9(14(21)8-17)5-6-11(13)18/h5-7H,2-4,8H2,1H3.